The zero-order valence-electron chi connectivity index (χ0n) is 11.8. The number of terminal acetylenes is 1. The van der Waals surface area contributed by atoms with Crippen molar-refractivity contribution in [2.75, 3.05) is 0 Å². The predicted octanol–water partition coefficient (Wildman–Crippen LogP) is 4.34. The lowest BCUT2D eigenvalue weighted by molar-refractivity contribution is 0.158. The molecule has 0 heterocycles. The van der Waals surface area contributed by atoms with Gasteiger partial charge in [0, 0.05) is 5.56 Å². The maximum atomic E-state index is 10.4. The van der Waals surface area contributed by atoms with Gasteiger partial charge in [-0.25, -0.2) is 0 Å². The number of benzene rings is 3. The van der Waals surface area contributed by atoms with Crippen molar-refractivity contribution in [3.63, 3.8) is 0 Å². The first-order valence-corrected chi connectivity index (χ1v) is 7.41. The Morgan fingerprint density at radius 2 is 1.71 bits per heavy atom. The van der Waals surface area contributed by atoms with Gasteiger partial charge in [-0.1, -0.05) is 42.3 Å². The fourth-order valence-electron chi connectivity index (χ4n) is 3.61. The lowest BCUT2D eigenvalue weighted by atomic mass is 9.84. The number of hydrogen-bond donors (Lipinski definition) is 1. The standard InChI is InChI=1S/C20H16O/c1-2-13-5-3-7-16-15(13)11-12-18-17(16)10-9-14-6-4-8-19(21)20(14)18/h1,3,5,7,9-12,19,21H,4,6,8H2. The zero-order valence-corrected chi connectivity index (χ0v) is 11.8. The maximum Gasteiger partial charge on any atom is 0.0798 e. The summed E-state index contributed by atoms with van der Waals surface area (Å²) in [7, 11) is 0. The minimum atomic E-state index is -0.342. The average molecular weight is 272 g/mol. The molecule has 1 nitrogen and oxygen atoms in total. The molecule has 1 N–H and O–H groups in total. The lowest BCUT2D eigenvalue weighted by Crippen LogP contribution is -2.09. The van der Waals surface area contributed by atoms with E-state index in [1.165, 1.54) is 21.7 Å². The monoisotopic (exact) mass is 272 g/mol. The highest BCUT2D eigenvalue weighted by molar-refractivity contribution is 6.10. The van der Waals surface area contributed by atoms with Gasteiger partial charge in [-0.3, -0.25) is 0 Å². The summed E-state index contributed by atoms with van der Waals surface area (Å²) in [4.78, 5) is 0. The van der Waals surface area contributed by atoms with Crippen LogP contribution in [0, 0.1) is 12.3 Å². The molecule has 21 heavy (non-hydrogen) atoms. The molecule has 1 atom stereocenters. The Morgan fingerprint density at radius 3 is 2.57 bits per heavy atom. The van der Waals surface area contributed by atoms with Crippen LogP contribution in [-0.2, 0) is 6.42 Å². The van der Waals surface area contributed by atoms with Crippen LogP contribution in [0.15, 0.2) is 42.5 Å². The van der Waals surface area contributed by atoms with Crippen LogP contribution in [-0.4, -0.2) is 5.11 Å². The Kier molecular flexibility index (Phi) is 2.74. The first kappa shape index (κ1) is 12.4. The van der Waals surface area contributed by atoms with Crippen LogP contribution in [0.25, 0.3) is 21.5 Å². The second-order valence-electron chi connectivity index (χ2n) is 5.75. The van der Waals surface area contributed by atoms with E-state index in [0.717, 1.165) is 35.8 Å². The normalized spacial score (nSPS) is 17.6. The Hall–Kier alpha value is -2.30. The third-order valence-corrected chi connectivity index (χ3v) is 4.60. The van der Waals surface area contributed by atoms with E-state index in [2.05, 4.69) is 36.3 Å². The molecule has 3 aromatic rings. The molecule has 1 heteroatoms. The van der Waals surface area contributed by atoms with Crippen molar-refractivity contribution in [1.82, 2.24) is 0 Å². The van der Waals surface area contributed by atoms with E-state index in [1.807, 2.05) is 12.1 Å². The summed E-state index contributed by atoms with van der Waals surface area (Å²) in [6.45, 7) is 0. The molecule has 3 aromatic carbocycles. The molecule has 0 saturated heterocycles. The SMILES string of the molecule is C#Cc1cccc2c1ccc1c3c(ccc12)CCCC3O. The lowest BCUT2D eigenvalue weighted by Gasteiger charge is -2.23. The zero-order chi connectivity index (χ0) is 14.4. The number of hydrogen-bond acceptors (Lipinski definition) is 1. The van der Waals surface area contributed by atoms with E-state index in [0.29, 0.717) is 0 Å². The van der Waals surface area contributed by atoms with Crippen molar-refractivity contribution in [3.8, 4) is 12.3 Å². The van der Waals surface area contributed by atoms with E-state index in [4.69, 9.17) is 6.42 Å². The van der Waals surface area contributed by atoms with Crippen LogP contribution in [0.5, 0.6) is 0 Å². The van der Waals surface area contributed by atoms with Gasteiger partial charge >= 0.3 is 0 Å². The molecule has 1 aliphatic rings. The summed E-state index contributed by atoms with van der Waals surface area (Å²) in [5.41, 5.74) is 3.33. The molecule has 1 unspecified atom stereocenters. The second kappa shape index (κ2) is 4.62. The van der Waals surface area contributed by atoms with E-state index in [1.54, 1.807) is 0 Å². The smallest absolute Gasteiger partial charge is 0.0798 e. The molecule has 0 fully saturated rings. The third-order valence-electron chi connectivity index (χ3n) is 4.60. The number of rotatable bonds is 0. The van der Waals surface area contributed by atoms with E-state index >= 15 is 0 Å². The Balaban J connectivity index is 2.15. The molecular formula is C20H16O. The van der Waals surface area contributed by atoms with Crippen LogP contribution in [0.2, 0.25) is 0 Å². The molecular weight excluding hydrogens is 256 g/mol. The van der Waals surface area contributed by atoms with Gasteiger partial charge in [0.1, 0.15) is 0 Å². The molecule has 0 saturated carbocycles. The van der Waals surface area contributed by atoms with Crippen LogP contribution < -0.4 is 0 Å². The Labute approximate surface area is 124 Å². The van der Waals surface area contributed by atoms with E-state index in [-0.39, 0.29) is 6.10 Å². The van der Waals surface area contributed by atoms with Crippen molar-refractivity contribution in [2.45, 2.75) is 25.4 Å². The maximum absolute atomic E-state index is 10.4. The van der Waals surface area contributed by atoms with Crippen molar-refractivity contribution in [3.05, 3.63) is 59.2 Å². The highest BCUT2D eigenvalue weighted by atomic mass is 16.3. The molecule has 102 valence electrons. The van der Waals surface area contributed by atoms with Crippen LogP contribution in [0.4, 0.5) is 0 Å². The first-order chi connectivity index (χ1) is 10.3. The largest absolute Gasteiger partial charge is 0.388 e. The number of aliphatic hydroxyl groups is 1. The van der Waals surface area contributed by atoms with Crippen molar-refractivity contribution >= 4 is 21.5 Å². The van der Waals surface area contributed by atoms with Crippen LogP contribution in [0.1, 0.15) is 35.6 Å². The van der Waals surface area contributed by atoms with Crippen molar-refractivity contribution < 1.29 is 5.11 Å². The average Bonchev–Trinajstić information content (AvgIpc) is 2.53. The van der Waals surface area contributed by atoms with Crippen molar-refractivity contribution in [1.29, 1.82) is 0 Å². The summed E-state index contributed by atoms with van der Waals surface area (Å²) in [5.74, 6) is 2.76. The molecule has 0 radical (unpaired) electrons. The van der Waals surface area contributed by atoms with Gasteiger partial charge in [0.2, 0.25) is 0 Å². The molecule has 0 amide bonds. The second-order valence-corrected chi connectivity index (χ2v) is 5.75. The molecule has 4 rings (SSSR count). The Bertz CT molecular complexity index is 899. The van der Waals surface area contributed by atoms with Gasteiger partial charge < -0.3 is 5.11 Å². The minimum absolute atomic E-state index is 0.342. The summed E-state index contributed by atoms with van der Waals surface area (Å²) in [6, 6.07) is 14.6. The van der Waals surface area contributed by atoms with Gasteiger partial charge in [0.05, 0.1) is 6.10 Å². The third kappa shape index (κ3) is 1.77. The predicted molar refractivity (Wildman–Crippen MR) is 87.3 cm³/mol. The van der Waals surface area contributed by atoms with Crippen LogP contribution >= 0.6 is 0 Å². The van der Waals surface area contributed by atoms with E-state index < -0.39 is 0 Å². The number of fused-ring (bicyclic) bond motifs is 5. The van der Waals surface area contributed by atoms with E-state index in [9.17, 15) is 5.11 Å². The van der Waals surface area contributed by atoms with Gasteiger partial charge in [-0.05, 0) is 58.0 Å². The summed E-state index contributed by atoms with van der Waals surface area (Å²) in [5, 5.41) is 15.0. The number of aliphatic hydroxyl groups excluding tert-OH is 1. The first-order valence-electron chi connectivity index (χ1n) is 7.41. The Morgan fingerprint density at radius 1 is 0.952 bits per heavy atom. The summed E-state index contributed by atoms with van der Waals surface area (Å²) in [6.07, 6.45) is 8.24. The van der Waals surface area contributed by atoms with Gasteiger partial charge in [0.25, 0.3) is 0 Å². The molecule has 0 spiro atoms. The molecule has 0 aromatic heterocycles. The molecule has 0 bridgehead atoms. The molecule has 1 aliphatic carbocycles. The quantitative estimate of drug-likeness (QED) is 0.476. The van der Waals surface area contributed by atoms with Crippen molar-refractivity contribution in [2.24, 2.45) is 0 Å². The minimum Gasteiger partial charge on any atom is -0.388 e. The highest BCUT2D eigenvalue weighted by Gasteiger charge is 2.21. The fraction of sp³-hybridized carbons (Fsp3) is 0.200. The van der Waals surface area contributed by atoms with Gasteiger partial charge in [-0.2, -0.15) is 0 Å². The topological polar surface area (TPSA) is 20.2 Å². The van der Waals surface area contributed by atoms with Gasteiger partial charge in [0.15, 0.2) is 0 Å². The number of aryl methyl sites for hydroxylation is 1. The fourth-order valence-corrected chi connectivity index (χ4v) is 3.61. The summed E-state index contributed by atoms with van der Waals surface area (Å²) >= 11 is 0. The molecule has 0 aliphatic heterocycles. The highest BCUT2D eigenvalue weighted by Crippen LogP contribution is 2.38. The van der Waals surface area contributed by atoms with Gasteiger partial charge in [-0.15, -0.1) is 6.42 Å². The summed E-state index contributed by atoms with van der Waals surface area (Å²) < 4.78 is 0. The van der Waals surface area contributed by atoms with Crippen LogP contribution in [0.3, 0.4) is 0 Å².